The zero-order valence-corrected chi connectivity index (χ0v) is 40.7. The molecule has 0 aliphatic carbocycles. The third-order valence-electron chi connectivity index (χ3n) is 13.0. The van der Waals surface area contributed by atoms with Crippen LogP contribution in [0.4, 0.5) is 0 Å². The van der Waals surface area contributed by atoms with Crippen LogP contribution in [0.5, 0.6) is 0 Å². The quantitative estimate of drug-likeness (QED) is 0.0855. The molecule has 5 aromatic rings. The molecular weight excluding hydrogens is 945 g/mol. The van der Waals surface area contributed by atoms with Gasteiger partial charge in [-0.15, -0.1) is 0 Å². The Morgan fingerprint density at radius 3 is 1.44 bits per heavy atom. The van der Waals surface area contributed by atoms with Gasteiger partial charge in [0, 0.05) is 0 Å². The molecule has 9 rings (SSSR count). The van der Waals surface area contributed by atoms with E-state index < -0.39 is 116 Å². The van der Waals surface area contributed by atoms with E-state index in [9.17, 15) is 24.9 Å². The Labute approximate surface area is 423 Å². The van der Waals surface area contributed by atoms with E-state index in [-0.39, 0.29) is 32.0 Å². The van der Waals surface area contributed by atoms with Gasteiger partial charge < -0.3 is 72.2 Å². The SMILES string of the molecule is C[C@@H]1O[C@@H](O[C@@H]2[C@@H](O)[C@H](O)O[C@H](COC(=O)c3ccccc3)[C@H]2O[C@@H]2O[C@H](COC(=O)c3ccccc3)[C@@H]3OC(C)(C)O[C@@H]3[C@H]2O)[C@@H](OCc2ccccc2)[C@H](OCc2ccccc2)[C@@H]1OCc1ccccc1. The molecule has 4 heterocycles. The summed E-state index contributed by atoms with van der Waals surface area (Å²) in [5.41, 5.74) is 3.18. The Hall–Kier alpha value is -5.48. The number of benzene rings is 5. The molecule has 4 saturated heterocycles. The van der Waals surface area contributed by atoms with Gasteiger partial charge in [0.05, 0.1) is 37.1 Å². The van der Waals surface area contributed by atoms with Crippen molar-refractivity contribution in [3.05, 3.63) is 179 Å². The third-order valence-corrected chi connectivity index (χ3v) is 13.0. The van der Waals surface area contributed by atoms with Gasteiger partial charge in [0.25, 0.3) is 0 Å². The highest BCUT2D eigenvalue weighted by Crippen LogP contribution is 2.40. The Bertz CT molecular complexity index is 2490. The van der Waals surface area contributed by atoms with Crippen LogP contribution < -0.4 is 0 Å². The molecule has 4 aliphatic heterocycles. The molecule has 5 aromatic carbocycles. The maximum atomic E-state index is 13.4. The molecule has 0 bridgehead atoms. The van der Waals surface area contributed by atoms with Crippen molar-refractivity contribution in [3.8, 4) is 0 Å². The largest absolute Gasteiger partial charge is 0.459 e. The van der Waals surface area contributed by atoms with Gasteiger partial charge in [0.15, 0.2) is 24.7 Å². The van der Waals surface area contributed by atoms with Gasteiger partial charge in [-0.1, -0.05) is 127 Å². The number of aliphatic hydroxyl groups excluding tert-OH is 3. The predicted octanol–water partition coefficient (Wildman–Crippen LogP) is 5.66. The van der Waals surface area contributed by atoms with E-state index in [0.29, 0.717) is 5.56 Å². The van der Waals surface area contributed by atoms with Crippen molar-refractivity contribution in [1.82, 2.24) is 0 Å². The fourth-order valence-electron chi connectivity index (χ4n) is 9.38. The van der Waals surface area contributed by atoms with E-state index >= 15 is 0 Å². The van der Waals surface area contributed by atoms with Crippen LogP contribution in [0.25, 0.3) is 0 Å². The van der Waals surface area contributed by atoms with E-state index in [1.165, 1.54) is 0 Å². The molecule has 4 aliphatic rings. The lowest BCUT2D eigenvalue weighted by Gasteiger charge is -2.49. The molecule has 0 saturated carbocycles. The van der Waals surface area contributed by atoms with E-state index in [2.05, 4.69) is 0 Å². The van der Waals surface area contributed by atoms with Crippen LogP contribution >= 0.6 is 0 Å². The summed E-state index contributed by atoms with van der Waals surface area (Å²) in [6.07, 6.45) is -19.2. The van der Waals surface area contributed by atoms with Crippen molar-refractivity contribution in [2.45, 2.75) is 138 Å². The minimum atomic E-state index is -1.92. The van der Waals surface area contributed by atoms with E-state index in [0.717, 1.165) is 16.7 Å². The second-order valence-electron chi connectivity index (χ2n) is 18.8. The number of rotatable bonds is 19. The standard InChI is InChI=1S/C56H62O17/c1-34-44(62-29-35-19-9-4-10-20-35)49(63-30-36-21-11-5-12-22-36)50(64-31-37-23-13-6-14-24-37)55(67-34)71-47-42(57)53(61)68-40(32-65-51(59)38-25-15-7-16-26-38)45(47)70-54-43(58)48-46(72-56(2,3)73-48)41(69-54)33-66-52(60)39-27-17-8-18-28-39/h4-28,34,40-50,53-55,57-58,61H,29-33H2,1-3H3/t34-,40+,41+,42+,43+,44+,45+,46-,47+,48+,49+,50-,53+,54-,55-/m0/s1. The second-order valence-corrected chi connectivity index (χ2v) is 18.8. The van der Waals surface area contributed by atoms with E-state index in [1.807, 2.05) is 97.9 Å². The molecule has 0 radical (unpaired) electrons. The van der Waals surface area contributed by atoms with Gasteiger partial charge >= 0.3 is 11.9 Å². The fraction of sp³-hybridized carbons (Fsp3) is 0.429. The molecule has 17 nitrogen and oxygen atoms in total. The van der Waals surface area contributed by atoms with Crippen LogP contribution in [-0.2, 0) is 76.7 Å². The molecule has 4 fully saturated rings. The summed E-state index contributed by atoms with van der Waals surface area (Å²) in [4.78, 5) is 26.6. The van der Waals surface area contributed by atoms with Crippen LogP contribution in [0.15, 0.2) is 152 Å². The number of carbonyl (C=O) groups excluding carboxylic acids is 2. The van der Waals surface area contributed by atoms with Crippen molar-refractivity contribution in [2.75, 3.05) is 13.2 Å². The molecule has 0 aromatic heterocycles. The maximum Gasteiger partial charge on any atom is 0.338 e. The van der Waals surface area contributed by atoms with Gasteiger partial charge in [0.1, 0.15) is 80.4 Å². The van der Waals surface area contributed by atoms with Gasteiger partial charge in [0.2, 0.25) is 0 Å². The van der Waals surface area contributed by atoms with Crippen molar-refractivity contribution < 1.29 is 81.8 Å². The lowest BCUT2D eigenvalue weighted by molar-refractivity contribution is -0.384. The molecule has 388 valence electrons. The zero-order chi connectivity index (χ0) is 50.9. The number of esters is 2. The number of hydrogen-bond donors (Lipinski definition) is 3. The fourth-order valence-corrected chi connectivity index (χ4v) is 9.38. The topological polar surface area (TPSA) is 206 Å². The lowest BCUT2D eigenvalue weighted by atomic mass is 9.95. The van der Waals surface area contributed by atoms with Crippen LogP contribution in [0.2, 0.25) is 0 Å². The Morgan fingerprint density at radius 2 is 0.918 bits per heavy atom. The maximum absolute atomic E-state index is 13.4. The van der Waals surface area contributed by atoms with E-state index in [1.54, 1.807) is 74.5 Å². The van der Waals surface area contributed by atoms with Gasteiger partial charge in [-0.25, -0.2) is 9.59 Å². The first-order chi connectivity index (χ1) is 35.4. The predicted molar refractivity (Wildman–Crippen MR) is 258 cm³/mol. The molecule has 17 heteroatoms. The van der Waals surface area contributed by atoms with Gasteiger partial charge in [-0.05, 0) is 61.7 Å². The Kier molecular flexibility index (Phi) is 17.4. The van der Waals surface area contributed by atoms with Crippen LogP contribution in [-0.4, -0.2) is 138 Å². The minimum absolute atomic E-state index is 0.0793. The summed E-state index contributed by atoms with van der Waals surface area (Å²) in [5, 5.41) is 35.5. The van der Waals surface area contributed by atoms with Gasteiger partial charge in [-0.3, -0.25) is 0 Å². The summed E-state index contributed by atoms with van der Waals surface area (Å²) >= 11 is 0. The third kappa shape index (κ3) is 13.1. The summed E-state index contributed by atoms with van der Waals surface area (Å²) in [7, 11) is 0. The molecule has 15 atom stereocenters. The number of ether oxygens (including phenoxy) is 12. The van der Waals surface area contributed by atoms with Crippen molar-refractivity contribution in [3.63, 3.8) is 0 Å². The molecule has 73 heavy (non-hydrogen) atoms. The number of hydrogen-bond acceptors (Lipinski definition) is 17. The zero-order valence-electron chi connectivity index (χ0n) is 40.7. The monoisotopic (exact) mass is 1010 g/mol. The summed E-state index contributed by atoms with van der Waals surface area (Å²) in [6, 6.07) is 45.4. The number of carbonyl (C=O) groups is 2. The first-order valence-corrected chi connectivity index (χ1v) is 24.5. The van der Waals surface area contributed by atoms with Gasteiger partial charge in [-0.2, -0.15) is 0 Å². The average Bonchev–Trinajstić information content (AvgIpc) is 3.75. The molecule has 0 spiro atoms. The first kappa shape index (κ1) is 52.4. The highest BCUT2D eigenvalue weighted by atomic mass is 16.8. The molecular formula is C56H62O17. The van der Waals surface area contributed by atoms with Crippen molar-refractivity contribution >= 4 is 11.9 Å². The lowest BCUT2D eigenvalue weighted by Crippen LogP contribution is -2.67. The molecule has 0 amide bonds. The Morgan fingerprint density at radius 1 is 0.479 bits per heavy atom. The highest BCUT2D eigenvalue weighted by Gasteiger charge is 2.59. The van der Waals surface area contributed by atoms with Crippen molar-refractivity contribution in [1.29, 1.82) is 0 Å². The molecule has 3 N–H and O–H groups in total. The summed E-state index contributed by atoms with van der Waals surface area (Å²) in [6.45, 7) is 4.74. The smallest absolute Gasteiger partial charge is 0.338 e. The summed E-state index contributed by atoms with van der Waals surface area (Å²) < 4.78 is 76.7. The second kappa shape index (κ2) is 24.2. The first-order valence-electron chi connectivity index (χ1n) is 24.5. The molecule has 0 unspecified atom stereocenters. The summed E-state index contributed by atoms with van der Waals surface area (Å²) in [5.74, 6) is -2.54. The average molecular weight is 1010 g/mol. The number of aliphatic hydroxyl groups is 3. The number of fused-ring (bicyclic) bond motifs is 1. The Balaban J connectivity index is 1.04. The highest BCUT2D eigenvalue weighted by molar-refractivity contribution is 5.89. The van der Waals surface area contributed by atoms with Crippen LogP contribution in [0, 0.1) is 0 Å². The van der Waals surface area contributed by atoms with E-state index in [4.69, 9.17) is 56.8 Å². The van der Waals surface area contributed by atoms with Crippen molar-refractivity contribution in [2.24, 2.45) is 0 Å². The van der Waals surface area contributed by atoms with Crippen LogP contribution in [0.3, 0.4) is 0 Å². The normalized spacial score (nSPS) is 31.8. The minimum Gasteiger partial charge on any atom is -0.459 e. The van der Waals surface area contributed by atoms with Crippen LogP contribution in [0.1, 0.15) is 58.2 Å².